The van der Waals surface area contributed by atoms with Crippen LogP contribution >= 0.6 is 0 Å². The number of halogens is 1. The van der Waals surface area contributed by atoms with Gasteiger partial charge in [-0.15, -0.1) is 0 Å². The van der Waals surface area contributed by atoms with Crippen molar-refractivity contribution in [3.05, 3.63) is 255 Å². The molecule has 0 radical (unpaired) electrons. The van der Waals surface area contributed by atoms with Crippen LogP contribution in [-0.2, 0) is 0 Å². The molecule has 0 saturated carbocycles. The molecule has 0 bridgehead atoms. The molecule has 346 valence electrons. The standard InChI is InChI=1S/C68H47FN2OSi/c1-73(2)64-36-20-32-54-58-43-62(71(48-27-13-6-14-28-48)67-56(45-23-9-4-10-24-45)39-46(40-60(67)69)44-21-7-3-8-22-44)51-30-16-15-29-50(51)57(58)42-59(66(54)64)53-38-37-49(41-65(53)73)70(47-25-11-5-12-26-47)61-34-19-33-55-52-31-17-18-35-63(52)72-68(55)61/h3-43H,1-2H3. The van der Waals surface area contributed by atoms with Crippen molar-refractivity contribution in [2.24, 2.45) is 0 Å². The maximum absolute atomic E-state index is 17.8. The molecule has 0 atom stereocenters. The average molecular weight is 955 g/mol. The van der Waals surface area contributed by atoms with E-state index in [-0.39, 0.29) is 5.82 Å². The highest BCUT2D eigenvalue weighted by Crippen LogP contribution is 2.50. The summed E-state index contributed by atoms with van der Waals surface area (Å²) >= 11 is 0. The predicted octanol–water partition coefficient (Wildman–Crippen LogP) is 18.3. The summed E-state index contributed by atoms with van der Waals surface area (Å²) in [6, 6.07) is 87.4. The molecule has 5 heteroatoms. The van der Waals surface area contributed by atoms with Gasteiger partial charge in [-0.05, 0) is 138 Å². The Morgan fingerprint density at radius 2 is 0.945 bits per heavy atom. The Labute approximate surface area is 424 Å². The van der Waals surface area contributed by atoms with Crippen LogP contribution in [0.25, 0.3) is 87.6 Å². The zero-order valence-corrected chi connectivity index (χ0v) is 41.4. The largest absolute Gasteiger partial charge is 0.454 e. The van der Waals surface area contributed by atoms with Crippen LogP contribution < -0.4 is 20.2 Å². The van der Waals surface area contributed by atoms with Crippen molar-refractivity contribution in [1.82, 2.24) is 0 Å². The Morgan fingerprint density at radius 3 is 1.68 bits per heavy atom. The maximum Gasteiger partial charge on any atom is 0.159 e. The SMILES string of the molecule is C[Si]1(C)c2cc(N(c3ccccc3)c3cccc4c3oc3ccccc34)ccc2-c2cc3c4ccccc4c(N(c4ccccc4)c4c(F)cc(-c5ccccc5)cc4-c4ccccc4)cc3c3cccc1c23. The van der Waals surface area contributed by atoms with Crippen LogP contribution in [-0.4, -0.2) is 8.07 Å². The third-order valence-corrected chi connectivity index (χ3v) is 18.8. The number of para-hydroxylation sites is 4. The molecule has 0 amide bonds. The Morgan fingerprint density at radius 1 is 0.356 bits per heavy atom. The third kappa shape index (κ3) is 6.77. The highest BCUT2D eigenvalue weighted by molar-refractivity contribution is 7.03. The molecule has 1 aliphatic rings. The van der Waals surface area contributed by atoms with E-state index in [4.69, 9.17) is 4.42 Å². The van der Waals surface area contributed by atoms with Gasteiger partial charge in [0.25, 0.3) is 0 Å². The van der Waals surface area contributed by atoms with E-state index in [0.717, 1.165) is 94.2 Å². The van der Waals surface area contributed by atoms with Gasteiger partial charge in [-0.25, -0.2) is 4.39 Å². The normalized spacial score (nSPS) is 12.7. The summed E-state index contributed by atoms with van der Waals surface area (Å²) in [5.41, 5.74) is 13.2. The minimum atomic E-state index is -2.40. The number of anilines is 6. The number of furan rings is 1. The first kappa shape index (κ1) is 42.8. The molecule has 0 spiro atoms. The lowest BCUT2D eigenvalue weighted by Gasteiger charge is -2.36. The van der Waals surface area contributed by atoms with Gasteiger partial charge >= 0.3 is 0 Å². The zero-order chi connectivity index (χ0) is 48.8. The van der Waals surface area contributed by atoms with Gasteiger partial charge in [0, 0.05) is 38.8 Å². The van der Waals surface area contributed by atoms with Crippen LogP contribution in [0.2, 0.25) is 13.1 Å². The summed E-state index contributed by atoms with van der Waals surface area (Å²) < 4.78 is 24.5. The van der Waals surface area contributed by atoms with Crippen LogP contribution in [0, 0.1) is 5.82 Å². The third-order valence-electron chi connectivity index (χ3n) is 15.2. The molecule has 0 saturated heterocycles. The van der Waals surface area contributed by atoms with Crippen LogP contribution in [0.4, 0.5) is 38.5 Å². The van der Waals surface area contributed by atoms with E-state index in [1.807, 2.05) is 72.8 Å². The van der Waals surface area contributed by atoms with E-state index in [1.165, 1.54) is 32.3 Å². The molecule has 1 aromatic heterocycles. The van der Waals surface area contributed by atoms with Gasteiger partial charge in [-0.1, -0.05) is 189 Å². The highest BCUT2D eigenvalue weighted by Gasteiger charge is 2.37. The fraction of sp³-hybridized carbons (Fsp3) is 0.0294. The van der Waals surface area contributed by atoms with Crippen LogP contribution in [0.5, 0.6) is 0 Å². The second kappa shape index (κ2) is 16.8. The number of hydrogen-bond donors (Lipinski definition) is 0. The molecule has 0 N–H and O–H groups in total. The van der Waals surface area contributed by atoms with Gasteiger partial charge in [-0.3, -0.25) is 0 Å². The fourth-order valence-corrected chi connectivity index (χ4v) is 15.0. The van der Waals surface area contributed by atoms with Crippen molar-refractivity contribution in [2.75, 3.05) is 9.80 Å². The van der Waals surface area contributed by atoms with Crippen molar-refractivity contribution in [3.8, 4) is 33.4 Å². The molecule has 73 heavy (non-hydrogen) atoms. The summed E-state index contributed by atoms with van der Waals surface area (Å²) in [5, 5.41) is 11.9. The van der Waals surface area contributed by atoms with E-state index in [1.54, 1.807) is 6.07 Å². The Hall–Kier alpha value is -9.03. The number of fused-ring (bicyclic) bond motifs is 9. The van der Waals surface area contributed by atoms with E-state index >= 15 is 4.39 Å². The molecule has 1 aliphatic heterocycles. The van der Waals surface area contributed by atoms with Crippen molar-refractivity contribution < 1.29 is 8.81 Å². The van der Waals surface area contributed by atoms with Crippen LogP contribution in [0.3, 0.4) is 0 Å². The molecule has 14 rings (SSSR count). The van der Waals surface area contributed by atoms with Crippen LogP contribution in [0.1, 0.15) is 0 Å². The Bertz CT molecular complexity index is 4310. The quantitative estimate of drug-likeness (QED) is 0.112. The lowest BCUT2D eigenvalue weighted by atomic mass is 9.89. The van der Waals surface area contributed by atoms with Crippen molar-refractivity contribution in [1.29, 1.82) is 0 Å². The number of hydrogen-bond acceptors (Lipinski definition) is 3. The fourth-order valence-electron chi connectivity index (χ4n) is 11.9. The molecule has 2 heterocycles. The smallest absolute Gasteiger partial charge is 0.159 e. The summed E-state index contributed by atoms with van der Waals surface area (Å²) in [7, 11) is -2.40. The molecular formula is C68H47FN2OSi. The molecule has 0 unspecified atom stereocenters. The number of benzene rings is 12. The topological polar surface area (TPSA) is 19.6 Å². The van der Waals surface area contributed by atoms with Crippen molar-refractivity contribution >= 4 is 107 Å². The van der Waals surface area contributed by atoms with Gasteiger partial charge in [0.1, 0.15) is 19.5 Å². The van der Waals surface area contributed by atoms with Crippen LogP contribution in [0.15, 0.2) is 253 Å². The molecule has 3 nitrogen and oxygen atoms in total. The molecule has 0 aliphatic carbocycles. The number of rotatable bonds is 8. The van der Waals surface area contributed by atoms with E-state index in [9.17, 15) is 0 Å². The minimum absolute atomic E-state index is 0.297. The summed E-state index contributed by atoms with van der Waals surface area (Å²) in [6.07, 6.45) is 0. The lowest BCUT2D eigenvalue weighted by Crippen LogP contribution is -2.56. The molecular weight excluding hydrogens is 908 g/mol. The first-order chi connectivity index (χ1) is 35.9. The van der Waals surface area contributed by atoms with Gasteiger partial charge in [0.05, 0.1) is 17.1 Å². The zero-order valence-electron chi connectivity index (χ0n) is 40.4. The molecule has 13 aromatic rings. The Balaban J connectivity index is 1.00. The van der Waals surface area contributed by atoms with E-state index < -0.39 is 8.07 Å². The first-order valence-corrected chi connectivity index (χ1v) is 28.0. The number of nitrogens with zero attached hydrogens (tertiary/aromatic N) is 2. The second-order valence-electron chi connectivity index (χ2n) is 19.7. The second-order valence-corrected chi connectivity index (χ2v) is 24.1. The van der Waals surface area contributed by atoms with Gasteiger partial charge in [0.2, 0.25) is 0 Å². The van der Waals surface area contributed by atoms with E-state index in [2.05, 4.69) is 193 Å². The van der Waals surface area contributed by atoms with E-state index in [0.29, 0.717) is 5.69 Å². The highest BCUT2D eigenvalue weighted by atomic mass is 28.3. The van der Waals surface area contributed by atoms with Crippen molar-refractivity contribution in [2.45, 2.75) is 13.1 Å². The maximum atomic E-state index is 17.8. The average Bonchev–Trinajstić information content (AvgIpc) is 3.84. The predicted molar refractivity (Wildman–Crippen MR) is 309 cm³/mol. The monoisotopic (exact) mass is 954 g/mol. The first-order valence-electron chi connectivity index (χ1n) is 25.0. The molecule has 12 aromatic carbocycles. The summed E-state index contributed by atoms with van der Waals surface area (Å²) in [5.74, 6) is -0.297. The summed E-state index contributed by atoms with van der Waals surface area (Å²) in [6.45, 7) is 5.00. The Kier molecular flexibility index (Phi) is 9.85. The minimum Gasteiger partial charge on any atom is -0.454 e. The summed E-state index contributed by atoms with van der Waals surface area (Å²) in [4.78, 5) is 4.52. The van der Waals surface area contributed by atoms with Gasteiger partial charge in [0.15, 0.2) is 5.58 Å². The van der Waals surface area contributed by atoms with Gasteiger partial charge in [-0.2, -0.15) is 0 Å². The molecule has 0 fully saturated rings. The van der Waals surface area contributed by atoms with Crippen molar-refractivity contribution in [3.63, 3.8) is 0 Å². The lowest BCUT2D eigenvalue weighted by molar-refractivity contribution is 0.630. The van der Waals surface area contributed by atoms with Gasteiger partial charge < -0.3 is 14.2 Å².